The highest BCUT2D eigenvalue weighted by atomic mass is 16.6. The van der Waals surface area contributed by atoms with Crippen LogP contribution in [0.15, 0.2) is 18.2 Å². The van der Waals surface area contributed by atoms with Gasteiger partial charge in [-0.3, -0.25) is 10.1 Å². The Morgan fingerprint density at radius 3 is 2.29 bits per heavy atom. The number of benzene rings is 1. The van der Waals surface area contributed by atoms with Crippen molar-refractivity contribution >= 4 is 17.3 Å². The molecule has 0 atom stereocenters. The van der Waals surface area contributed by atoms with Gasteiger partial charge >= 0.3 is 5.97 Å². The monoisotopic (exact) mass is 298 g/mol. The molecule has 0 saturated carbocycles. The summed E-state index contributed by atoms with van der Waals surface area (Å²) in [6, 6.07) is 4.02. The predicted octanol–water partition coefficient (Wildman–Crippen LogP) is 1.39. The summed E-state index contributed by atoms with van der Waals surface area (Å²) in [6.45, 7) is 1.94. The van der Waals surface area contributed by atoms with Gasteiger partial charge in [0.1, 0.15) is 5.56 Å². The number of carboxylic acids is 1. The van der Waals surface area contributed by atoms with E-state index < -0.39 is 16.6 Å². The van der Waals surface area contributed by atoms with Crippen molar-refractivity contribution in [1.29, 1.82) is 0 Å². The third-order valence-electron chi connectivity index (χ3n) is 2.90. The topological polar surface area (TPSA) is 102 Å². The van der Waals surface area contributed by atoms with Gasteiger partial charge in [0.2, 0.25) is 0 Å². The molecule has 0 spiro atoms. The number of carbonyl (C=O) groups is 1. The second-order valence-electron chi connectivity index (χ2n) is 4.24. The molecule has 0 aromatic heterocycles. The van der Waals surface area contributed by atoms with Gasteiger partial charge < -0.3 is 19.5 Å². The Hall–Kier alpha value is -2.19. The first-order chi connectivity index (χ1) is 10.0. The van der Waals surface area contributed by atoms with Crippen LogP contribution in [0.1, 0.15) is 10.4 Å². The van der Waals surface area contributed by atoms with Crippen LogP contribution in [0.3, 0.4) is 0 Å². The number of rotatable bonds is 9. The van der Waals surface area contributed by atoms with Gasteiger partial charge in [0.25, 0.3) is 5.69 Å². The molecule has 0 saturated heterocycles. The highest BCUT2D eigenvalue weighted by molar-refractivity contribution is 5.93. The quantitative estimate of drug-likeness (QED) is 0.543. The molecule has 0 aliphatic heterocycles. The Morgan fingerprint density at radius 2 is 1.86 bits per heavy atom. The van der Waals surface area contributed by atoms with E-state index in [0.29, 0.717) is 32.0 Å². The molecule has 0 fully saturated rings. The zero-order valence-corrected chi connectivity index (χ0v) is 11.9. The number of aromatic carboxylic acids is 1. The van der Waals surface area contributed by atoms with Gasteiger partial charge in [-0.05, 0) is 12.1 Å². The molecule has 8 heteroatoms. The van der Waals surface area contributed by atoms with Crippen molar-refractivity contribution in [2.45, 2.75) is 0 Å². The third kappa shape index (κ3) is 4.69. The Bertz CT molecular complexity index is 497. The van der Waals surface area contributed by atoms with Crippen LogP contribution in [0.25, 0.3) is 0 Å². The van der Waals surface area contributed by atoms with E-state index in [-0.39, 0.29) is 5.56 Å². The van der Waals surface area contributed by atoms with Crippen LogP contribution in [0, 0.1) is 10.1 Å². The van der Waals surface area contributed by atoms with Crippen molar-refractivity contribution in [2.24, 2.45) is 0 Å². The van der Waals surface area contributed by atoms with E-state index in [1.807, 2.05) is 4.90 Å². The highest BCUT2D eigenvalue weighted by Gasteiger charge is 2.21. The molecule has 0 amide bonds. The molecule has 8 nitrogen and oxygen atoms in total. The number of hydrogen-bond donors (Lipinski definition) is 1. The number of nitro benzene ring substituents is 1. The Kier molecular flexibility index (Phi) is 6.57. The van der Waals surface area contributed by atoms with E-state index >= 15 is 0 Å². The molecule has 116 valence electrons. The van der Waals surface area contributed by atoms with E-state index in [2.05, 4.69) is 0 Å². The molecule has 1 rings (SSSR count). The van der Waals surface area contributed by atoms with Crippen molar-refractivity contribution in [3.63, 3.8) is 0 Å². The number of nitrogens with zero attached hydrogens (tertiary/aromatic N) is 2. The Balaban J connectivity index is 3.10. The zero-order valence-electron chi connectivity index (χ0n) is 11.9. The van der Waals surface area contributed by atoms with E-state index in [9.17, 15) is 14.9 Å². The minimum absolute atomic E-state index is 0.336. The Morgan fingerprint density at radius 1 is 1.29 bits per heavy atom. The molecular formula is C13H18N2O6. The van der Waals surface area contributed by atoms with Gasteiger partial charge in [-0.15, -0.1) is 0 Å². The molecule has 0 unspecified atom stereocenters. The lowest BCUT2D eigenvalue weighted by molar-refractivity contribution is -0.385. The number of methoxy groups -OCH3 is 2. The van der Waals surface area contributed by atoms with Crippen molar-refractivity contribution < 1.29 is 24.3 Å². The molecule has 0 bridgehead atoms. The normalized spacial score (nSPS) is 10.4. The van der Waals surface area contributed by atoms with Crippen molar-refractivity contribution in [2.75, 3.05) is 45.4 Å². The number of ether oxygens (including phenoxy) is 2. The number of hydrogen-bond acceptors (Lipinski definition) is 6. The number of nitro groups is 1. The molecule has 0 aliphatic carbocycles. The van der Waals surface area contributed by atoms with E-state index in [0.717, 1.165) is 0 Å². The van der Waals surface area contributed by atoms with Crippen molar-refractivity contribution in [3.05, 3.63) is 33.9 Å². The van der Waals surface area contributed by atoms with Crippen LogP contribution in [-0.2, 0) is 9.47 Å². The van der Waals surface area contributed by atoms with Crippen LogP contribution in [0.5, 0.6) is 0 Å². The van der Waals surface area contributed by atoms with Crippen LogP contribution in [-0.4, -0.2) is 56.5 Å². The first-order valence-corrected chi connectivity index (χ1v) is 6.25. The fourth-order valence-corrected chi connectivity index (χ4v) is 1.82. The van der Waals surface area contributed by atoms with Crippen molar-refractivity contribution in [3.8, 4) is 0 Å². The molecule has 0 aliphatic rings. The lowest BCUT2D eigenvalue weighted by atomic mass is 10.1. The standard InChI is InChI=1S/C13H18N2O6/c1-20-7-5-14(6-8-21-2)10-3-4-12(15(18)19)11(9-10)13(16)17/h3-4,9H,5-8H2,1-2H3,(H,16,17). The second kappa shape index (κ2) is 8.18. The summed E-state index contributed by atoms with van der Waals surface area (Å²) in [5, 5.41) is 19.9. The first kappa shape index (κ1) is 16.9. The molecule has 1 aromatic carbocycles. The highest BCUT2D eigenvalue weighted by Crippen LogP contribution is 2.25. The number of carboxylic acid groups (broad SMARTS) is 1. The summed E-state index contributed by atoms with van der Waals surface area (Å²) in [5.41, 5.74) is -0.186. The van der Waals surface area contributed by atoms with Gasteiger partial charge in [-0.1, -0.05) is 0 Å². The lowest BCUT2D eigenvalue weighted by Crippen LogP contribution is -2.30. The van der Waals surface area contributed by atoms with Crippen molar-refractivity contribution in [1.82, 2.24) is 0 Å². The third-order valence-corrected chi connectivity index (χ3v) is 2.90. The summed E-state index contributed by atoms with van der Waals surface area (Å²) in [5.74, 6) is -1.33. The largest absolute Gasteiger partial charge is 0.477 e. The summed E-state index contributed by atoms with van der Waals surface area (Å²) >= 11 is 0. The Labute approximate surface area is 122 Å². The number of anilines is 1. The van der Waals surface area contributed by atoms with Crippen LogP contribution < -0.4 is 4.90 Å². The maximum Gasteiger partial charge on any atom is 0.342 e. The second-order valence-corrected chi connectivity index (χ2v) is 4.24. The summed E-state index contributed by atoms with van der Waals surface area (Å²) in [6.07, 6.45) is 0. The van der Waals surface area contributed by atoms with Gasteiger partial charge in [-0.2, -0.15) is 0 Å². The molecule has 21 heavy (non-hydrogen) atoms. The smallest absolute Gasteiger partial charge is 0.342 e. The lowest BCUT2D eigenvalue weighted by Gasteiger charge is -2.24. The van der Waals surface area contributed by atoms with Gasteiger partial charge in [0, 0.05) is 39.1 Å². The molecule has 1 aromatic rings. The summed E-state index contributed by atoms with van der Waals surface area (Å²) < 4.78 is 10.0. The maximum atomic E-state index is 11.2. The van der Waals surface area contributed by atoms with Gasteiger partial charge in [-0.25, -0.2) is 4.79 Å². The zero-order chi connectivity index (χ0) is 15.8. The van der Waals surface area contributed by atoms with E-state index in [1.54, 1.807) is 14.2 Å². The predicted molar refractivity (Wildman–Crippen MR) is 76.0 cm³/mol. The average molecular weight is 298 g/mol. The summed E-state index contributed by atoms with van der Waals surface area (Å²) in [7, 11) is 3.13. The van der Waals surface area contributed by atoms with Crippen LogP contribution in [0.2, 0.25) is 0 Å². The average Bonchev–Trinajstić information content (AvgIpc) is 2.46. The minimum Gasteiger partial charge on any atom is -0.477 e. The molecule has 0 heterocycles. The van der Waals surface area contributed by atoms with Gasteiger partial charge in [0.15, 0.2) is 0 Å². The van der Waals surface area contributed by atoms with E-state index in [4.69, 9.17) is 14.6 Å². The van der Waals surface area contributed by atoms with Crippen LogP contribution >= 0.6 is 0 Å². The maximum absolute atomic E-state index is 11.2. The minimum atomic E-state index is -1.33. The summed E-state index contributed by atoms with van der Waals surface area (Å²) in [4.78, 5) is 23.1. The van der Waals surface area contributed by atoms with Gasteiger partial charge in [0.05, 0.1) is 18.1 Å². The first-order valence-electron chi connectivity index (χ1n) is 6.25. The molecular weight excluding hydrogens is 280 g/mol. The van der Waals surface area contributed by atoms with Crippen LogP contribution in [0.4, 0.5) is 11.4 Å². The SMILES string of the molecule is COCCN(CCOC)c1ccc([N+](=O)[O-])c(C(=O)O)c1. The fraction of sp³-hybridized carbons (Fsp3) is 0.462. The molecule has 0 radical (unpaired) electrons. The molecule has 1 N–H and O–H groups in total. The van der Waals surface area contributed by atoms with E-state index in [1.165, 1.54) is 18.2 Å². The fourth-order valence-electron chi connectivity index (χ4n) is 1.82.